The Hall–Kier alpha value is -4.03. The zero-order chi connectivity index (χ0) is 39.5. The molecule has 0 unspecified atom stereocenters. The van der Waals surface area contributed by atoms with Gasteiger partial charge in [0.25, 0.3) is 0 Å². The second-order valence-corrected chi connectivity index (χ2v) is 13.0. The molecule has 0 saturated carbocycles. The molecule has 0 spiro atoms. The number of allylic oxidation sites excluding steroid dienone is 2. The summed E-state index contributed by atoms with van der Waals surface area (Å²) >= 11 is 0. The van der Waals surface area contributed by atoms with Crippen LogP contribution in [0.5, 0.6) is 0 Å². The molecule has 0 fully saturated rings. The van der Waals surface area contributed by atoms with E-state index in [0.29, 0.717) is 11.3 Å². The van der Waals surface area contributed by atoms with Crippen molar-refractivity contribution < 1.29 is 65.1 Å². The standard InChI is InChI=1S/C27H16F8N3.C13H24O2.Ir/c1-14-9-15(2)11-19(10-14)21-12-18(7-8-36-21)16-3-5-17(6-4-16)23-37-13-20-22(38-23)25(30,31)27(34,35)26(32,33)24(20,28)29;1-5-10(6-2)12(14)9-13(15)11(7-3)8-4;/h3-10,12-13H,1-2H3;9-11,14H,5-8H2,1-4H3;/q-1;;/b;12-9-;. The van der Waals surface area contributed by atoms with Crippen LogP contribution in [-0.4, -0.2) is 37.7 Å². The zero-order valence-electron chi connectivity index (χ0n) is 30.4. The number of aryl methyl sites for hydroxylation is 2. The summed E-state index contributed by atoms with van der Waals surface area (Å²) in [6, 6.07) is 16.5. The van der Waals surface area contributed by atoms with E-state index in [0.717, 1.165) is 47.9 Å². The van der Waals surface area contributed by atoms with E-state index in [-0.39, 0.29) is 55.2 Å². The molecule has 14 heteroatoms. The van der Waals surface area contributed by atoms with Gasteiger partial charge in [0, 0.05) is 56.0 Å². The quantitative estimate of drug-likeness (QED) is 0.0742. The van der Waals surface area contributed by atoms with E-state index in [2.05, 4.69) is 21.0 Å². The number of nitrogens with zero attached hydrogens (tertiary/aromatic N) is 3. The van der Waals surface area contributed by atoms with Crippen LogP contribution in [0.4, 0.5) is 35.1 Å². The number of ketones is 1. The Bertz CT molecular complexity index is 1940. The van der Waals surface area contributed by atoms with Crippen LogP contribution >= 0.6 is 0 Å². The third kappa shape index (κ3) is 8.44. The first-order valence-electron chi connectivity index (χ1n) is 17.2. The number of carbonyl (C=O) groups is 1. The molecule has 0 saturated heterocycles. The largest absolute Gasteiger partial charge is 0.512 e. The first kappa shape index (κ1) is 44.4. The first-order chi connectivity index (χ1) is 24.8. The number of pyridine rings is 1. The molecular weight excluding hydrogens is 899 g/mol. The van der Waals surface area contributed by atoms with Gasteiger partial charge in [0.15, 0.2) is 11.6 Å². The fourth-order valence-electron chi connectivity index (χ4n) is 6.08. The van der Waals surface area contributed by atoms with Gasteiger partial charge in [-0.2, -0.15) is 35.1 Å². The number of fused-ring (bicyclic) bond motifs is 1. The number of benzene rings is 2. The van der Waals surface area contributed by atoms with Crippen molar-refractivity contribution in [1.29, 1.82) is 0 Å². The Morgan fingerprint density at radius 3 is 1.87 bits per heavy atom. The molecule has 0 aliphatic heterocycles. The van der Waals surface area contributed by atoms with Crippen molar-refractivity contribution in [2.45, 2.75) is 90.9 Å². The molecule has 1 radical (unpaired) electrons. The fraction of sp³-hybridized carbons (Fsp3) is 0.400. The summed E-state index contributed by atoms with van der Waals surface area (Å²) in [6.07, 6.45) is 6.54. The van der Waals surface area contributed by atoms with Gasteiger partial charge in [0.2, 0.25) is 0 Å². The molecule has 0 amide bonds. The molecule has 54 heavy (non-hydrogen) atoms. The van der Waals surface area contributed by atoms with E-state index in [1.54, 1.807) is 30.5 Å². The summed E-state index contributed by atoms with van der Waals surface area (Å²) in [5.41, 5.74) is 0.613. The number of aliphatic hydroxyl groups is 1. The molecule has 2 aromatic carbocycles. The van der Waals surface area contributed by atoms with Gasteiger partial charge in [-0.15, -0.1) is 34.9 Å². The molecule has 1 aliphatic rings. The van der Waals surface area contributed by atoms with E-state index < -0.39 is 40.8 Å². The van der Waals surface area contributed by atoms with Gasteiger partial charge in [-0.1, -0.05) is 71.9 Å². The number of aliphatic hydroxyl groups excluding tert-OH is 1. The van der Waals surface area contributed by atoms with Crippen LogP contribution in [0.25, 0.3) is 33.8 Å². The van der Waals surface area contributed by atoms with Crippen LogP contribution in [0.15, 0.2) is 72.8 Å². The molecule has 4 aromatic rings. The van der Waals surface area contributed by atoms with Crippen molar-refractivity contribution >= 4 is 5.78 Å². The number of aromatic nitrogens is 3. The van der Waals surface area contributed by atoms with Gasteiger partial charge >= 0.3 is 23.7 Å². The van der Waals surface area contributed by atoms with Gasteiger partial charge in [0.05, 0.1) is 11.3 Å². The van der Waals surface area contributed by atoms with Crippen LogP contribution in [0.3, 0.4) is 0 Å². The molecular formula is C40H40F8IrN3O2-. The normalized spacial score (nSPS) is 16.6. The van der Waals surface area contributed by atoms with E-state index in [4.69, 9.17) is 0 Å². The molecule has 1 aliphatic carbocycles. The number of alkyl halides is 8. The average Bonchev–Trinajstić information content (AvgIpc) is 3.11. The van der Waals surface area contributed by atoms with Gasteiger partial charge < -0.3 is 10.1 Å². The average molecular weight is 939 g/mol. The SMILES string of the molecule is CCC(CC)C(=O)/C=C(\O)C(CC)CC.Cc1[c-]c(-c2cc(-c3ccc(-c4ncc5c(n4)C(F)(F)C(F)(F)C(F)(F)C5(F)F)cc3)ccn2)cc(C)c1.[Ir]. The Balaban J connectivity index is 0.000000418. The molecule has 2 heterocycles. The van der Waals surface area contributed by atoms with E-state index in [9.17, 15) is 45.0 Å². The van der Waals surface area contributed by atoms with E-state index >= 15 is 0 Å². The summed E-state index contributed by atoms with van der Waals surface area (Å²) in [5.74, 6) is -24.1. The predicted octanol–water partition coefficient (Wildman–Crippen LogP) is 11.6. The zero-order valence-corrected chi connectivity index (χ0v) is 32.8. The van der Waals surface area contributed by atoms with Crippen LogP contribution in [0.1, 0.15) is 75.8 Å². The smallest absolute Gasteiger partial charge is 0.384 e. The van der Waals surface area contributed by atoms with Gasteiger partial charge in [-0.3, -0.25) is 4.79 Å². The summed E-state index contributed by atoms with van der Waals surface area (Å²) in [7, 11) is 0. The minimum Gasteiger partial charge on any atom is -0.512 e. The second-order valence-electron chi connectivity index (χ2n) is 13.0. The number of hydrogen-bond acceptors (Lipinski definition) is 5. The maximum absolute atomic E-state index is 14.4. The third-order valence-electron chi connectivity index (χ3n) is 9.35. The van der Waals surface area contributed by atoms with Crippen LogP contribution < -0.4 is 0 Å². The summed E-state index contributed by atoms with van der Waals surface area (Å²) in [5, 5.41) is 9.76. The van der Waals surface area contributed by atoms with Crippen molar-refractivity contribution in [3.8, 4) is 33.8 Å². The molecule has 1 N–H and O–H groups in total. The molecule has 5 rings (SSSR count). The monoisotopic (exact) mass is 939 g/mol. The molecule has 5 nitrogen and oxygen atoms in total. The first-order valence-corrected chi connectivity index (χ1v) is 17.2. The predicted molar refractivity (Wildman–Crippen MR) is 186 cm³/mol. The van der Waals surface area contributed by atoms with Gasteiger partial charge in [-0.05, 0) is 48.6 Å². The van der Waals surface area contributed by atoms with Crippen molar-refractivity contribution in [3.63, 3.8) is 0 Å². The van der Waals surface area contributed by atoms with Crippen LogP contribution in [0, 0.1) is 31.7 Å². The summed E-state index contributed by atoms with van der Waals surface area (Å²) in [4.78, 5) is 22.8. The molecule has 293 valence electrons. The van der Waals surface area contributed by atoms with Gasteiger partial charge in [-0.25, -0.2) is 9.97 Å². The summed E-state index contributed by atoms with van der Waals surface area (Å²) in [6.45, 7) is 11.9. The van der Waals surface area contributed by atoms with E-state index in [1.165, 1.54) is 18.2 Å². The van der Waals surface area contributed by atoms with Crippen LogP contribution in [-0.2, 0) is 36.7 Å². The number of carbonyl (C=O) groups excluding carboxylic acids is 1. The summed E-state index contributed by atoms with van der Waals surface area (Å²) < 4.78 is 112. The minimum absolute atomic E-state index is 0. The fourth-order valence-corrected chi connectivity index (χ4v) is 6.08. The Morgan fingerprint density at radius 2 is 1.31 bits per heavy atom. The third-order valence-corrected chi connectivity index (χ3v) is 9.35. The number of halogens is 8. The van der Waals surface area contributed by atoms with Crippen molar-refractivity contribution in [3.05, 3.63) is 101 Å². The Labute approximate surface area is 322 Å². The van der Waals surface area contributed by atoms with Crippen molar-refractivity contribution in [2.24, 2.45) is 11.8 Å². The topological polar surface area (TPSA) is 76.0 Å². The number of rotatable bonds is 10. The Morgan fingerprint density at radius 1 is 0.759 bits per heavy atom. The molecule has 2 aromatic heterocycles. The van der Waals surface area contributed by atoms with E-state index in [1.807, 2.05) is 53.7 Å². The maximum atomic E-state index is 14.4. The molecule has 0 bridgehead atoms. The van der Waals surface area contributed by atoms with Crippen molar-refractivity contribution in [2.75, 3.05) is 0 Å². The maximum Gasteiger partial charge on any atom is 0.384 e. The van der Waals surface area contributed by atoms with Crippen LogP contribution in [0.2, 0.25) is 0 Å². The van der Waals surface area contributed by atoms with Gasteiger partial charge in [0.1, 0.15) is 5.69 Å². The molecule has 0 atom stereocenters. The second kappa shape index (κ2) is 17.2. The minimum atomic E-state index is -6.38. The van der Waals surface area contributed by atoms with Crippen molar-refractivity contribution in [1.82, 2.24) is 15.0 Å². The Kier molecular flexibility index (Phi) is 14.1. The number of hydrogen-bond donors (Lipinski definition) is 1.